The molecule has 2 heterocycles. The van der Waals surface area contributed by atoms with Crippen molar-refractivity contribution < 1.29 is 22.5 Å². The second-order valence-corrected chi connectivity index (χ2v) is 10.6. The fourth-order valence-electron chi connectivity index (χ4n) is 5.17. The molecule has 29 heavy (non-hydrogen) atoms. The van der Waals surface area contributed by atoms with Crippen molar-refractivity contribution in [2.45, 2.75) is 37.0 Å². The van der Waals surface area contributed by atoms with Crippen molar-refractivity contribution >= 4 is 15.9 Å². The first-order chi connectivity index (χ1) is 13.9. The predicted molar refractivity (Wildman–Crippen MR) is 107 cm³/mol. The molecule has 6 nitrogen and oxygen atoms in total. The zero-order valence-corrected chi connectivity index (χ0v) is 17.7. The maximum atomic E-state index is 14.0. The average molecular weight is 425 g/mol. The Hall–Kier alpha value is -1.51. The Balaban J connectivity index is 1.30. The van der Waals surface area contributed by atoms with Gasteiger partial charge in [0.15, 0.2) is 6.54 Å². The van der Waals surface area contributed by atoms with Crippen molar-refractivity contribution in [3.8, 4) is 0 Å². The molecule has 3 aliphatic rings. The van der Waals surface area contributed by atoms with Gasteiger partial charge in [0, 0.05) is 13.1 Å². The first-order valence-electron chi connectivity index (χ1n) is 10.8. The molecule has 0 unspecified atom stereocenters. The predicted octanol–water partition coefficient (Wildman–Crippen LogP) is 0.754. The van der Waals surface area contributed by atoms with Gasteiger partial charge in [-0.1, -0.05) is 31.4 Å². The number of hydrogen-bond acceptors (Lipinski definition) is 3. The quantitative estimate of drug-likeness (QED) is 0.776. The molecule has 2 saturated heterocycles. The Labute approximate surface area is 172 Å². The summed E-state index contributed by atoms with van der Waals surface area (Å²) in [5.41, 5.74) is 0. The molecule has 2 atom stereocenters. The van der Waals surface area contributed by atoms with Crippen LogP contribution >= 0.6 is 0 Å². The van der Waals surface area contributed by atoms with Gasteiger partial charge in [0.1, 0.15) is 10.7 Å². The molecule has 1 aromatic rings. The molecule has 3 fully saturated rings. The van der Waals surface area contributed by atoms with Gasteiger partial charge in [-0.15, -0.1) is 0 Å². The molecule has 1 saturated carbocycles. The van der Waals surface area contributed by atoms with Gasteiger partial charge in [0.2, 0.25) is 10.0 Å². The Morgan fingerprint density at radius 1 is 1.03 bits per heavy atom. The summed E-state index contributed by atoms with van der Waals surface area (Å²) in [6, 6.07) is 5.49. The first-order valence-corrected chi connectivity index (χ1v) is 12.2. The molecular weight excluding hydrogens is 393 g/mol. The number of carbonyl (C=O) groups excluding carboxylic acids is 1. The number of likely N-dealkylation sites (tertiary alicyclic amines) is 1. The van der Waals surface area contributed by atoms with Gasteiger partial charge in [-0.3, -0.25) is 4.79 Å². The number of hydrogen-bond donors (Lipinski definition) is 1. The number of quaternary nitrogens is 1. The van der Waals surface area contributed by atoms with Crippen LogP contribution in [0, 0.1) is 17.7 Å². The zero-order valence-electron chi connectivity index (χ0n) is 16.9. The summed E-state index contributed by atoms with van der Waals surface area (Å²) in [4.78, 5) is 15.7. The fraction of sp³-hybridized carbons (Fsp3) is 0.667. The van der Waals surface area contributed by atoms with E-state index in [0.29, 0.717) is 38.6 Å². The summed E-state index contributed by atoms with van der Waals surface area (Å²) in [7, 11) is -3.83. The molecule has 1 amide bonds. The van der Waals surface area contributed by atoms with Crippen molar-refractivity contribution in [2.75, 3.05) is 45.8 Å². The lowest BCUT2D eigenvalue weighted by Gasteiger charge is -2.41. The van der Waals surface area contributed by atoms with Crippen molar-refractivity contribution in [1.82, 2.24) is 9.21 Å². The molecule has 1 aliphatic carbocycles. The van der Waals surface area contributed by atoms with Gasteiger partial charge >= 0.3 is 0 Å². The number of halogens is 1. The molecule has 160 valence electrons. The van der Waals surface area contributed by atoms with Crippen LogP contribution in [0.25, 0.3) is 0 Å². The highest BCUT2D eigenvalue weighted by molar-refractivity contribution is 7.89. The van der Waals surface area contributed by atoms with E-state index in [9.17, 15) is 17.6 Å². The van der Waals surface area contributed by atoms with Crippen LogP contribution in [0.1, 0.15) is 32.1 Å². The lowest BCUT2D eigenvalue weighted by molar-refractivity contribution is -0.896. The Kier molecular flexibility index (Phi) is 6.22. The van der Waals surface area contributed by atoms with E-state index in [-0.39, 0.29) is 10.8 Å². The van der Waals surface area contributed by atoms with Crippen LogP contribution in [0.2, 0.25) is 0 Å². The number of piperidine rings is 1. The Bertz CT molecular complexity index is 839. The zero-order chi connectivity index (χ0) is 20.4. The number of nitrogens with zero attached hydrogens (tertiary/aromatic N) is 2. The molecule has 1 N–H and O–H groups in total. The van der Waals surface area contributed by atoms with Crippen LogP contribution in [0.5, 0.6) is 0 Å². The van der Waals surface area contributed by atoms with Crippen LogP contribution in [-0.4, -0.2) is 69.3 Å². The van der Waals surface area contributed by atoms with Crippen molar-refractivity contribution in [3.63, 3.8) is 0 Å². The monoisotopic (exact) mass is 424 g/mol. The van der Waals surface area contributed by atoms with Crippen molar-refractivity contribution in [2.24, 2.45) is 11.8 Å². The number of nitrogens with one attached hydrogen (secondary N) is 1. The standard InChI is InChI=1S/C21H30FN3O3S/c22-19-7-3-4-8-20(19)29(27,28)25-13-11-23(12-14-25)16-21(26)24-10-9-17-5-1-2-6-18(17)15-24/h3-4,7-8,17-18H,1-2,5-6,9-16H2/p+1/t17-,18+/m0/s1. The molecule has 0 bridgehead atoms. The van der Waals surface area contributed by atoms with E-state index in [1.165, 1.54) is 54.3 Å². The van der Waals surface area contributed by atoms with E-state index >= 15 is 0 Å². The van der Waals surface area contributed by atoms with Crippen LogP contribution in [0.3, 0.4) is 0 Å². The highest BCUT2D eigenvalue weighted by atomic mass is 32.2. The lowest BCUT2D eigenvalue weighted by Crippen LogP contribution is -3.15. The second kappa shape index (κ2) is 8.70. The number of carbonyl (C=O) groups is 1. The fourth-order valence-corrected chi connectivity index (χ4v) is 6.67. The number of fused-ring (bicyclic) bond motifs is 1. The molecule has 1 aromatic carbocycles. The Morgan fingerprint density at radius 2 is 1.72 bits per heavy atom. The molecular formula is C21H31FN3O3S+. The molecule has 0 radical (unpaired) electrons. The van der Waals surface area contributed by atoms with Gasteiger partial charge in [0.25, 0.3) is 5.91 Å². The van der Waals surface area contributed by atoms with Crippen LogP contribution < -0.4 is 4.90 Å². The molecule has 4 rings (SSSR count). The van der Waals surface area contributed by atoms with E-state index in [2.05, 4.69) is 0 Å². The van der Waals surface area contributed by atoms with Gasteiger partial charge in [-0.2, -0.15) is 4.31 Å². The minimum Gasteiger partial charge on any atom is -0.338 e. The third-order valence-corrected chi connectivity index (χ3v) is 8.86. The second-order valence-electron chi connectivity index (χ2n) is 8.69. The first kappa shape index (κ1) is 20.8. The highest BCUT2D eigenvalue weighted by Crippen LogP contribution is 2.35. The van der Waals surface area contributed by atoms with E-state index in [4.69, 9.17) is 0 Å². The van der Waals surface area contributed by atoms with Gasteiger partial charge in [-0.05, 0) is 36.8 Å². The lowest BCUT2D eigenvalue weighted by atomic mass is 9.75. The number of benzene rings is 1. The third kappa shape index (κ3) is 4.49. The summed E-state index contributed by atoms with van der Waals surface area (Å²) in [6.45, 7) is 3.93. The smallest absolute Gasteiger partial charge is 0.277 e. The molecule has 8 heteroatoms. The summed E-state index contributed by atoms with van der Waals surface area (Å²) < 4.78 is 40.7. The average Bonchev–Trinajstić information content (AvgIpc) is 2.74. The van der Waals surface area contributed by atoms with Gasteiger partial charge in [0.05, 0.1) is 26.2 Å². The van der Waals surface area contributed by atoms with E-state index in [0.717, 1.165) is 30.3 Å². The maximum absolute atomic E-state index is 14.0. The topological polar surface area (TPSA) is 62.1 Å². The molecule has 0 aromatic heterocycles. The summed E-state index contributed by atoms with van der Waals surface area (Å²) in [5, 5.41) is 0. The summed E-state index contributed by atoms with van der Waals surface area (Å²) in [6.07, 6.45) is 6.30. The molecule has 0 spiro atoms. The normalized spacial score (nSPS) is 26.9. The number of amides is 1. The Morgan fingerprint density at radius 3 is 2.45 bits per heavy atom. The largest absolute Gasteiger partial charge is 0.338 e. The van der Waals surface area contributed by atoms with Gasteiger partial charge < -0.3 is 9.80 Å². The third-order valence-electron chi connectivity index (χ3n) is 6.93. The summed E-state index contributed by atoms with van der Waals surface area (Å²) in [5.74, 6) is 0.935. The van der Waals surface area contributed by atoms with E-state index in [1.807, 2.05) is 4.90 Å². The summed E-state index contributed by atoms with van der Waals surface area (Å²) >= 11 is 0. The minimum atomic E-state index is -3.83. The van der Waals surface area contributed by atoms with Crippen LogP contribution in [0.4, 0.5) is 4.39 Å². The van der Waals surface area contributed by atoms with Crippen LogP contribution in [0.15, 0.2) is 29.2 Å². The minimum absolute atomic E-state index is 0.189. The van der Waals surface area contributed by atoms with E-state index < -0.39 is 15.8 Å². The maximum Gasteiger partial charge on any atom is 0.277 e. The van der Waals surface area contributed by atoms with E-state index in [1.54, 1.807) is 0 Å². The SMILES string of the molecule is O=C(C[NH+]1CCN(S(=O)(=O)c2ccccc2F)CC1)N1CC[C@@H]2CCCC[C@@H]2C1. The van der Waals surface area contributed by atoms with Crippen molar-refractivity contribution in [1.29, 1.82) is 0 Å². The molecule has 2 aliphatic heterocycles. The van der Waals surface area contributed by atoms with Gasteiger partial charge in [-0.25, -0.2) is 12.8 Å². The number of rotatable bonds is 4. The number of sulfonamides is 1. The van der Waals surface area contributed by atoms with Crippen molar-refractivity contribution in [3.05, 3.63) is 30.1 Å². The highest BCUT2D eigenvalue weighted by Gasteiger charge is 2.36. The number of piperazine rings is 1. The van der Waals surface area contributed by atoms with Crippen LogP contribution in [-0.2, 0) is 14.8 Å².